The summed E-state index contributed by atoms with van der Waals surface area (Å²) in [5.41, 5.74) is 2.09. The summed E-state index contributed by atoms with van der Waals surface area (Å²) in [6.07, 6.45) is 3.84. The molecule has 2 aliphatic rings. The Morgan fingerprint density at radius 1 is 0.722 bits per heavy atom. The maximum Gasteiger partial charge on any atom is 0.292 e. The number of amides is 2. The molecule has 36 heavy (non-hydrogen) atoms. The molecule has 186 valence electrons. The molecule has 0 atom stereocenters. The number of anilines is 1. The van der Waals surface area contributed by atoms with Crippen molar-refractivity contribution in [3.63, 3.8) is 0 Å². The van der Waals surface area contributed by atoms with Gasteiger partial charge in [0.05, 0.1) is 4.92 Å². The molecule has 2 amide bonds. The summed E-state index contributed by atoms with van der Waals surface area (Å²) in [6.45, 7) is 4.75. The Morgan fingerprint density at radius 3 is 1.97 bits per heavy atom. The van der Waals surface area contributed by atoms with Crippen LogP contribution >= 0.6 is 0 Å². The molecule has 0 saturated carbocycles. The van der Waals surface area contributed by atoms with Crippen molar-refractivity contribution in [2.45, 2.75) is 25.7 Å². The van der Waals surface area contributed by atoms with Gasteiger partial charge in [-0.15, -0.1) is 0 Å². The van der Waals surface area contributed by atoms with Gasteiger partial charge in [-0.3, -0.25) is 29.5 Å². The Morgan fingerprint density at radius 2 is 1.33 bits per heavy atom. The van der Waals surface area contributed by atoms with Crippen LogP contribution in [-0.2, 0) is 0 Å². The van der Waals surface area contributed by atoms with Gasteiger partial charge in [-0.2, -0.15) is 0 Å². The Bertz CT molecular complexity index is 1250. The highest BCUT2D eigenvalue weighted by Gasteiger charge is 2.32. The molecule has 8 nitrogen and oxygen atoms in total. The number of benzene rings is 3. The molecule has 8 heteroatoms. The first-order valence-corrected chi connectivity index (χ1v) is 12.6. The van der Waals surface area contributed by atoms with Gasteiger partial charge >= 0.3 is 0 Å². The van der Waals surface area contributed by atoms with Crippen LogP contribution < -0.4 is 4.90 Å². The normalized spacial score (nSPS) is 16.1. The van der Waals surface area contributed by atoms with E-state index in [-0.39, 0.29) is 22.4 Å². The number of imide groups is 1. The zero-order valence-corrected chi connectivity index (χ0v) is 20.3. The van der Waals surface area contributed by atoms with E-state index in [2.05, 4.69) is 9.80 Å². The van der Waals surface area contributed by atoms with E-state index in [4.69, 9.17) is 0 Å². The van der Waals surface area contributed by atoms with Crippen molar-refractivity contribution in [1.29, 1.82) is 0 Å². The van der Waals surface area contributed by atoms with Crippen LogP contribution in [0.4, 0.5) is 11.4 Å². The number of carbonyl (C=O) groups is 2. The molecule has 0 aliphatic carbocycles. The largest absolute Gasteiger partial charge is 0.363 e. The van der Waals surface area contributed by atoms with Gasteiger partial charge in [0.2, 0.25) is 0 Å². The van der Waals surface area contributed by atoms with E-state index in [0.717, 1.165) is 69.2 Å². The third-order valence-corrected chi connectivity index (χ3v) is 7.25. The van der Waals surface area contributed by atoms with E-state index in [1.165, 1.54) is 4.90 Å². The fraction of sp³-hybridized carbons (Fsp3) is 0.357. The van der Waals surface area contributed by atoms with Gasteiger partial charge in [-0.1, -0.05) is 49.2 Å². The molecular formula is C28H30N4O4. The topological polar surface area (TPSA) is 87.0 Å². The zero-order chi connectivity index (χ0) is 25.1. The number of rotatable bonds is 9. The first-order chi connectivity index (χ1) is 17.5. The van der Waals surface area contributed by atoms with Crippen molar-refractivity contribution < 1.29 is 14.5 Å². The van der Waals surface area contributed by atoms with Crippen molar-refractivity contribution in [2.24, 2.45) is 0 Å². The summed E-state index contributed by atoms with van der Waals surface area (Å²) < 4.78 is 0. The highest BCUT2D eigenvalue weighted by molar-refractivity contribution is 6.25. The van der Waals surface area contributed by atoms with Crippen molar-refractivity contribution in [1.82, 2.24) is 9.80 Å². The summed E-state index contributed by atoms with van der Waals surface area (Å²) in [5.74, 6) is -0.387. The van der Waals surface area contributed by atoms with Crippen LogP contribution in [0.1, 0.15) is 46.4 Å². The molecule has 0 N–H and O–H groups in total. The van der Waals surface area contributed by atoms with Crippen LogP contribution in [0.2, 0.25) is 0 Å². The van der Waals surface area contributed by atoms with E-state index in [0.29, 0.717) is 23.4 Å². The molecule has 0 bridgehead atoms. The summed E-state index contributed by atoms with van der Waals surface area (Å²) in [5, 5.41) is 13.0. The SMILES string of the molecule is O=C1c2cccc3cccc(c23)C(=O)N1CCCCCCN1CCN(c2ccccc2[N+](=O)[O-])CC1. The zero-order valence-electron chi connectivity index (χ0n) is 20.3. The van der Waals surface area contributed by atoms with Crippen molar-refractivity contribution in [2.75, 3.05) is 44.2 Å². The summed E-state index contributed by atoms with van der Waals surface area (Å²) in [6, 6.07) is 18.2. The second-order valence-electron chi connectivity index (χ2n) is 9.46. The fourth-order valence-electron chi connectivity index (χ4n) is 5.34. The quantitative estimate of drug-likeness (QED) is 0.188. The van der Waals surface area contributed by atoms with Crippen LogP contribution in [0.5, 0.6) is 0 Å². The molecule has 0 spiro atoms. The second-order valence-corrected chi connectivity index (χ2v) is 9.46. The molecule has 0 aromatic heterocycles. The van der Waals surface area contributed by atoms with Gasteiger partial charge in [-0.05, 0) is 43.0 Å². The average molecular weight is 487 g/mol. The first-order valence-electron chi connectivity index (χ1n) is 12.6. The summed E-state index contributed by atoms with van der Waals surface area (Å²) in [4.78, 5) is 42.9. The number of nitro groups is 1. The van der Waals surface area contributed by atoms with Crippen LogP contribution in [-0.4, -0.2) is 65.8 Å². The maximum absolute atomic E-state index is 13.0. The maximum atomic E-state index is 13.0. The third-order valence-electron chi connectivity index (χ3n) is 7.25. The predicted octanol–water partition coefficient (Wildman–Crippen LogP) is 4.73. The van der Waals surface area contributed by atoms with Crippen LogP contribution in [0.25, 0.3) is 10.8 Å². The number of nitrogens with zero attached hydrogens (tertiary/aromatic N) is 4. The fourth-order valence-corrected chi connectivity index (χ4v) is 5.34. The Balaban J connectivity index is 1.05. The highest BCUT2D eigenvalue weighted by atomic mass is 16.6. The number of hydrogen-bond acceptors (Lipinski definition) is 6. The average Bonchev–Trinajstić information content (AvgIpc) is 2.91. The van der Waals surface area contributed by atoms with Crippen molar-refractivity contribution >= 4 is 34.0 Å². The second kappa shape index (κ2) is 10.5. The van der Waals surface area contributed by atoms with E-state index in [1.54, 1.807) is 12.1 Å². The van der Waals surface area contributed by atoms with E-state index >= 15 is 0 Å². The highest BCUT2D eigenvalue weighted by Crippen LogP contribution is 2.30. The smallest absolute Gasteiger partial charge is 0.292 e. The van der Waals surface area contributed by atoms with E-state index in [1.807, 2.05) is 48.5 Å². The number of unbranched alkanes of at least 4 members (excludes halogenated alkanes) is 3. The van der Waals surface area contributed by atoms with Crippen molar-refractivity contribution in [3.05, 3.63) is 81.9 Å². The lowest BCUT2D eigenvalue weighted by Crippen LogP contribution is -2.46. The molecule has 2 heterocycles. The van der Waals surface area contributed by atoms with Gasteiger partial charge in [0.15, 0.2) is 0 Å². The minimum absolute atomic E-state index is 0.164. The van der Waals surface area contributed by atoms with Gasteiger partial charge in [0.25, 0.3) is 17.5 Å². The molecule has 2 aliphatic heterocycles. The van der Waals surface area contributed by atoms with E-state index < -0.39 is 0 Å². The lowest BCUT2D eigenvalue weighted by atomic mass is 9.94. The first kappa shape index (κ1) is 23.9. The minimum atomic E-state index is -0.314. The molecule has 0 radical (unpaired) electrons. The standard InChI is InChI=1S/C28H30N4O4/c33-27-22-11-7-9-21-10-8-12-23(26(21)22)28(34)31(27)16-6-2-1-5-15-29-17-19-30(20-18-29)24-13-3-4-14-25(24)32(35)36/h3-4,7-14H,1-2,5-6,15-20H2. The number of carbonyl (C=O) groups excluding carboxylic acids is 2. The van der Waals surface area contributed by atoms with Gasteiger partial charge in [0, 0.05) is 55.3 Å². The van der Waals surface area contributed by atoms with Crippen LogP contribution in [0.15, 0.2) is 60.7 Å². The van der Waals surface area contributed by atoms with Gasteiger partial charge in [-0.25, -0.2) is 0 Å². The lowest BCUT2D eigenvalue weighted by Gasteiger charge is -2.35. The molecule has 1 saturated heterocycles. The van der Waals surface area contributed by atoms with Gasteiger partial charge < -0.3 is 4.90 Å². The third kappa shape index (κ3) is 4.68. The van der Waals surface area contributed by atoms with E-state index in [9.17, 15) is 19.7 Å². The monoisotopic (exact) mass is 486 g/mol. The van der Waals surface area contributed by atoms with Gasteiger partial charge in [0.1, 0.15) is 5.69 Å². The number of piperazine rings is 1. The number of hydrogen-bond donors (Lipinski definition) is 0. The Labute approximate surface area is 210 Å². The molecule has 5 rings (SSSR count). The number of nitro benzene ring substituents is 1. The summed E-state index contributed by atoms with van der Waals surface area (Å²) >= 11 is 0. The minimum Gasteiger partial charge on any atom is -0.363 e. The molecule has 3 aromatic carbocycles. The molecule has 1 fully saturated rings. The molecule has 0 unspecified atom stereocenters. The lowest BCUT2D eigenvalue weighted by molar-refractivity contribution is -0.384. The van der Waals surface area contributed by atoms with Crippen LogP contribution in [0, 0.1) is 10.1 Å². The Hall–Kier alpha value is -3.78. The number of para-hydroxylation sites is 2. The van der Waals surface area contributed by atoms with Crippen molar-refractivity contribution in [3.8, 4) is 0 Å². The molecule has 3 aromatic rings. The van der Waals surface area contributed by atoms with Crippen LogP contribution in [0.3, 0.4) is 0 Å². The molecular weight excluding hydrogens is 456 g/mol. The predicted molar refractivity (Wildman–Crippen MR) is 140 cm³/mol. The summed E-state index contributed by atoms with van der Waals surface area (Å²) in [7, 11) is 0. The Kier molecular flexibility index (Phi) is 6.95.